The Morgan fingerprint density at radius 3 is 2.33 bits per heavy atom. The molecule has 1 atom stereocenters. The maximum absolute atomic E-state index is 5.70. The van der Waals surface area contributed by atoms with Crippen molar-refractivity contribution in [2.45, 2.75) is 19.4 Å². The zero-order chi connectivity index (χ0) is 13.7. The SMILES string of the molecule is COc1ccc(C(CCN)N(C)C)c(OC)c1C. The summed E-state index contributed by atoms with van der Waals surface area (Å²) in [5.74, 6) is 1.74. The van der Waals surface area contributed by atoms with Gasteiger partial charge < -0.3 is 20.1 Å². The maximum atomic E-state index is 5.70. The molecule has 0 saturated heterocycles. The zero-order valence-corrected chi connectivity index (χ0v) is 12.0. The predicted molar refractivity (Wildman–Crippen MR) is 74.4 cm³/mol. The van der Waals surface area contributed by atoms with E-state index in [1.807, 2.05) is 13.0 Å². The third-order valence-corrected chi connectivity index (χ3v) is 3.23. The van der Waals surface area contributed by atoms with Gasteiger partial charge in [-0.25, -0.2) is 0 Å². The normalized spacial score (nSPS) is 12.6. The number of hydrogen-bond acceptors (Lipinski definition) is 4. The second-order valence-electron chi connectivity index (χ2n) is 4.57. The van der Waals surface area contributed by atoms with E-state index in [0.29, 0.717) is 6.54 Å². The minimum Gasteiger partial charge on any atom is -0.496 e. The van der Waals surface area contributed by atoms with Gasteiger partial charge in [-0.15, -0.1) is 0 Å². The molecule has 0 fully saturated rings. The Hall–Kier alpha value is -1.26. The molecule has 0 saturated carbocycles. The van der Waals surface area contributed by atoms with Crippen molar-refractivity contribution in [2.75, 3.05) is 34.9 Å². The summed E-state index contributed by atoms with van der Waals surface area (Å²) in [6, 6.07) is 4.31. The first-order chi connectivity index (χ1) is 8.56. The van der Waals surface area contributed by atoms with Crippen LogP contribution in [0.5, 0.6) is 11.5 Å². The monoisotopic (exact) mass is 252 g/mol. The van der Waals surface area contributed by atoms with Crippen LogP contribution in [-0.4, -0.2) is 39.8 Å². The highest BCUT2D eigenvalue weighted by Crippen LogP contribution is 2.37. The van der Waals surface area contributed by atoms with Gasteiger partial charge in [-0.3, -0.25) is 0 Å². The molecule has 0 amide bonds. The molecule has 0 aromatic heterocycles. The van der Waals surface area contributed by atoms with Crippen molar-refractivity contribution in [3.63, 3.8) is 0 Å². The van der Waals surface area contributed by atoms with Crippen molar-refractivity contribution in [1.82, 2.24) is 4.90 Å². The van der Waals surface area contributed by atoms with E-state index in [4.69, 9.17) is 15.2 Å². The number of methoxy groups -OCH3 is 2. The van der Waals surface area contributed by atoms with Crippen LogP contribution in [0.4, 0.5) is 0 Å². The quantitative estimate of drug-likeness (QED) is 0.841. The van der Waals surface area contributed by atoms with E-state index in [1.165, 1.54) is 0 Å². The molecule has 4 nitrogen and oxygen atoms in total. The molecule has 1 aromatic carbocycles. The molecule has 102 valence electrons. The van der Waals surface area contributed by atoms with E-state index < -0.39 is 0 Å². The summed E-state index contributed by atoms with van der Waals surface area (Å²) in [6.07, 6.45) is 0.898. The average molecular weight is 252 g/mol. The van der Waals surface area contributed by atoms with Gasteiger partial charge in [0, 0.05) is 17.2 Å². The summed E-state index contributed by atoms with van der Waals surface area (Å²) in [4.78, 5) is 2.16. The molecule has 1 rings (SSSR count). The fourth-order valence-corrected chi connectivity index (χ4v) is 2.30. The first-order valence-electron chi connectivity index (χ1n) is 6.14. The fourth-order valence-electron chi connectivity index (χ4n) is 2.30. The van der Waals surface area contributed by atoms with Gasteiger partial charge in [-0.1, -0.05) is 6.07 Å². The highest BCUT2D eigenvalue weighted by Gasteiger charge is 2.20. The van der Waals surface area contributed by atoms with Crippen molar-refractivity contribution < 1.29 is 9.47 Å². The topological polar surface area (TPSA) is 47.7 Å². The molecule has 0 radical (unpaired) electrons. The standard InChI is InChI=1S/C14H24N2O2/c1-10-13(17-4)7-6-11(14(10)18-5)12(8-9-15)16(2)3/h6-7,12H,8-9,15H2,1-5H3. The van der Waals surface area contributed by atoms with Gasteiger partial charge in [0.2, 0.25) is 0 Å². The van der Waals surface area contributed by atoms with Crippen molar-refractivity contribution in [3.05, 3.63) is 23.3 Å². The number of rotatable bonds is 6. The van der Waals surface area contributed by atoms with Gasteiger partial charge in [0.25, 0.3) is 0 Å². The van der Waals surface area contributed by atoms with Crippen LogP contribution >= 0.6 is 0 Å². The lowest BCUT2D eigenvalue weighted by Crippen LogP contribution is -2.23. The van der Waals surface area contributed by atoms with Crippen LogP contribution in [0.3, 0.4) is 0 Å². The largest absolute Gasteiger partial charge is 0.496 e. The highest BCUT2D eigenvalue weighted by molar-refractivity contribution is 5.50. The van der Waals surface area contributed by atoms with Crippen LogP contribution in [0.25, 0.3) is 0 Å². The summed E-state index contributed by atoms with van der Waals surface area (Å²) in [5.41, 5.74) is 7.89. The van der Waals surface area contributed by atoms with Crippen molar-refractivity contribution in [3.8, 4) is 11.5 Å². The summed E-state index contributed by atoms with van der Waals surface area (Å²) in [6.45, 7) is 2.66. The summed E-state index contributed by atoms with van der Waals surface area (Å²) >= 11 is 0. The Kier molecular flexibility index (Phi) is 5.44. The lowest BCUT2D eigenvalue weighted by Gasteiger charge is -2.27. The van der Waals surface area contributed by atoms with Crippen LogP contribution in [0.1, 0.15) is 23.6 Å². The average Bonchev–Trinajstić information content (AvgIpc) is 2.35. The van der Waals surface area contributed by atoms with Crippen molar-refractivity contribution in [2.24, 2.45) is 5.73 Å². The summed E-state index contributed by atoms with van der Waals surface area (Å²) < 4.78 is 10.9. The molecule has 0 aliphatic heterocycles. The summed E-state index contributed by atoms with van der Waals surface area (Å²) in [5, 5.41) is 0. The Balaban J connectivity index is 3.25. The molecule has 0 heterocycles. The van der Waals surface area contributed by atoms with E-state index in [-0.39, 0.29) is 6.04 Å². The van der Waals surface area contributed by atoms with Gasteiger partial charge in [0.1, 0.15) is 11.5 Å². The lowest BCUT2D eigenvalue weighted by atomic mass is 9.98. The third-order valence-electron chi connectivity index (χ3n) is 3.23. The maximum Gasteiger partial charge on any atom is 0.130 e. The van der Waals surface area contributed by atoms with Gasteiger partial charge in [0.15, 0.2) is 0 Å². The Bertz CT molecular complexity index is 392. The smallest absolute Gasteiger partial charge is 0.130 e. The Morgan fingerprint density at radius 2 is 1.89 bits per heavy atom. The Labute approximate surface area is 110 Å². The van der Waals surface area contributed by atoms with Gasteiger partial charge in [0.05, 0.1) is 14.2 Å². The number of hydrogen-bond donors (Lipinski definition) is 1. The zero-order valence-electron chi connectivity index (χ0n) is 12.0. The van der Waals surface area contributed by atoms with Crippen LogP contribution in [0, 0.1) is 6.92 Å². The van der Waals surface area contributed by atoms with Gasteiger partial charge in [-0.05, 0) is 40.1 Å². The first-order valence-corrected chi connectivity index (χ1v) is 6.14. The lowest BCUT2D eigenvalue weighted by molar-refractivity contribution is 0.276. The minimum absolute atomic E-state index is 0.259. The molecule has 1 unspecified atom stereocenters. The molecule has 2 N–H and O–H groups in total. The first kappa shape index (κ1) is 14.8. The molecular weight excluding hydrogens is 228 g/mol. The fraction of sp³-hybridized carbons (Fsp3) is 0.571. The summed E-state index contributed by atoms with van der Waals surface area (Å²) in [7, 11) is 7.48. The van der Waals surface area contributed by atoms with Crippen molar-refractivity contribution >= 4 is 0 Å². The van der Waals surface area contributed by atoms with Crippen molar-refractivity contribution in [1.29, 1.82) is 0 Å². The van der Waals surface area contributed by atoms with Crippen LogP contribution in [0.15, 0.2) is 12.1 Å². The molecule has 0 aliphatic carbocycles. The number of benzene rings is 1. The number of ether oxygens (including phenoxy) is 2. The second-order valence-corrected chi connectivity index (χ2v) is 4.57. The third kappa shape index (κ3) is 2.94. The molecule has 1 aromatic rings. The van der Waals surface area contributed by atoms with Crippen LogP contribution in [-0.2, 0) is 0 Å². The second kappa shape index (κ2) is 6.61. The molecule has 0 aliphatic rings. The Morgan fingerprint density at radius 1 is 1.22 bits per heavy atom. The minimum atomic E-state index is 0.259. The molecule has 0 bridgehead atoms. The number of nitrogens with two attached hydrogens (primary N) is 1. The van der Waals surface area contributed by atoms with E-state index in [0.717, 1.165) is 29.0 Å². The van der Waals surface area contributed by atoms with Crippen LogP contribution < -0.4 is 15.2 Å². The van der Waals surface area contributed by atoms with Gasteiger partial charge in [-0.2, -0.15) is 0 Å². The predicted octanol–water partition coefficient (Wildman–Crippen LogP) is 1.96. The molecule has 4 heteroatoms. The highest BCUT2D eigenvalue weighted by atomic mass is 16.5. The molecule has 18 heavy (non-hydrogen) atoms. The van der Waals surface area contributed by atoms with E-state index in [9.17, 15) is 0 Å². The van der Waals surface area contributed by atoms with E-state index >= 15 is 0 Å². The molecular formula is C14H24N2O2. The van der Waals surface area contributed by atoms with E-state index in [2.05, 4.69) is 25.1 Å². The van der Waals surface area contributed by atoms with Crippen LogP contribution in [0.2, 0.25) is 0 Å². The molecule has 0 spiro atoms. The van der Waals surface area contributed by atoms with Gasteiger partial charge >= 0.3 is 0 Å². The van der Waals surface area contributed by atoms with E-state index in [1.54, 1.807) is 14.2 Å². The number of nitrogens with zero attached hydrogens (tertiary/aromatic N) is 1.